The lowest BCUT2D eigenvalue weighted by Gasteiger charge is -2.19. The first-order valence-corrected chi connectivity index (χ1v) is 5.53. The van der Waals surface area contributed by atoms with Crippen molar-refractivity contribution in [3.63, 3.8) is 0 Å². The van der Waals surface area contributed by atoms with Gasteiger partial charge in [0.2, 0.25) is 0 Å². The van der Waals surface area contributed by atoms with E-state index in [9.17, 15) is 0 Å². The van der Waals surface area contributed by atoms with E-state index in [1.54, 1.807) is 0 Å². The zero-order valence-corrected chi connectivity index (χ0v) is 9.35. The van der Waals surface area contributed by atoms with Gasteiger partial charge in [-0.2, -0.15) is 0 Å². The fraction of sp³-hybridized carbons (Fsp3) is 0.417. The summed E-state index contributed by atoms with van der Waals surface area (Å²) in [6.07, 6.45) is 2.17. The third kappa shape index (κ3) is 2.02. The molecule has 4 nitrogen and oxygen atoms in total. The average molecular weight is 219 g/mol. The number of hydrogen-bond donors (Lipinski definition) is 3. The lowest BCUT2D eigenvalue weighted by molar-refractivity contribution is 0.314. The van der Waals surface area contributed by atoms with Gasteiger partial charge >= 0.3 is 0 Å². The highest BCUT2D eigenvalue weighted by molar-refractivity contribution is 5.84. The van der Waals surface area contributed by atoms with Gasteiger partial charge < -0.3 is 16.3 Å². The molecule has 0 fully saturated rings. The number of rotatable bonds is 3. The molecule has 0 aromatic heterocycles. The molecular weight excluding hydrogens is 202 g/mol. The second kappa shape index (κ2) is 4.53. The predicted octanol–water partition coefficient (Wildman–Crippen LogP) is 1.40. The molecular formula is C12H17N3O. The predicted molar refractivity (Wildman–Crippen MR) is 63.5 cm³/mol. The molecule has 1 aromatic carbocycles. The Balaban J connectivity index is 2.09. The van der Waals surface area contributed by atoms with Gasteiger partial charge in [-0.3, -0.25) is 0 Å². The summed E-state index contributed by atoms with van der Waals surface area (Å²) in [5, 5.41) is 15.0. The molecule has 2 unspecified atom stereocenters. The van der Waals surface area contributed by atoms with Gasteiger partial charge in [0.15, 0.2) is 5.84 Å². The Morgan fingerprint density at radius 3 is 3.06 bits per heavy atom. The Bertz CT molecular complexity index is 403. The largest absolute Gasteiger partial charge is 0.409 e. The molecule has 1 aromatic rings. The van der Waals surface area contributed by atoms with Gasteiger partial charge in [-0.15, -0.1) is 0 Å². The fourth-order valence-electron chi connectivity index (χ4n) is 2.20. The van der Waals surface area contributed by atoms with Crippen LogP contribution < -0.4 is 11.1 Å². The van der Waals surface area contributed by atoms with Crippen molar-refractivity contribution in [3.05, 3.63) is 35.4 Å². The van der Waals surface area contributed by atoms with Gasteiger partial charge in [0, 0.05) is 6.04 Å². The first-order valence-electron chi connectivity index (χ1n) is 5.53. The molecule has 1 aliphatic rings. The summed E-state index contributed by atoms with van der Waals surface area (Å²) in [4.78, 5) is 0. The molecule has 0 saturated heterocycles. The van der Waals surface area contributed by atoms with Gasteiger partial charge in [-0.1, -0.05) is 29.4 Å². The summed E-state index contributed by atoms with van der Waals surface area (Å²) in [6, 6.07) is 8.61. The van der Waals surface area contributed by atoms with Crippen LogP contribution in [-0.2, 0) is 6.42 Å². The Morgan fingerprint density at radius 1 is 1.56 bits per heavy atom. The molecule has 0 spiro atoms. The summed E-state index contributed by atoms with van der Waals surface area (Å²) >= 11 is 0. The lowest BCUT2D eigenvalue weighted by Crippen LogP contribution is -2.40. The number of fused-ring (bicyclic) bond motifs is 1. The van der Waals surface area contributed by atoms with Crippen molar-refractivity contribution in [3.8, 4) is 0 Å². The van der Waals surface area contributed by atoms with Crippen LogP contribution in [0, 0.1) is 0 Å². The summed E-state index contributed by atoms with van der Waals surface area (Å²) < 4.78 is 0. The number of hydrogen-bond acceptors (Lipinski definition) is 3. The van der Waals surface area contributed by atoms with E-state index in [0.717, 1.165) is 12.8 Å². The fourth-order valence-corrected chi connectivity index (χ4v) is 2.20. The molecule has 86 valence electrons. The molecule has 0 heterocycles. The van der Waals surface area contributed by atoms with Crippen molar-refractivity contribution in [2.24, 2.45) is 10.9 Å². The molecule has 0 aliphatic heterocycles. The molecule has 4 N–H and O–H groups in total. The quantitative estimate of drug-likeness (QED) is 0.311. The van der Waals surface area contributed by atoms with Crippen molar-refractivity contribution in [1.82, 2.24) is 5.32 Å². The monoisotopic (exact) mass is 219 g/mol. The van der Waals surface area contributed by atoms with Gasteiger partial charge in [0.25, 0.3) is 0 Å². The van der Waals surface area contributed by atoms with Crippen LogP contribution in [0.2, 0.25) is 0 Å². The molecule has 0 saturated carbocycles. The Hall–Kier alpha value is -1.55. The van der Waals surface area contributed by atoms with Gasteiger partial charge in [0.1, 0.15) is 0 Å². The summed E-state index contributed by atoms with van der Waals surface area (Å²) in [5.74, 6) is 0.226. The Kier molecular flexibility index (Phi) is 3.10. The lowest BCUT2D eigenvalue weighted by atomic mass is 10.1. The minimum absolute atomic E-state index is 0.110. The smallest absolute Gasteiger partial charge is 0.156 e. The third-order valence-electron chi connectivity index (χ3n) is 3.14. The second-order valence-electron chi connectivity index (χ2n) is 4.20. The van der Waals surface area contributed by atoms with Crippen LogP contribution in [0.3, 0.4) is 0 Å². The Labute approximate surface area is 95.1 Å². The maximum Gasteiger partial charge on any atom is 0.156 e. The number of amidine groups is 1. The maximum atomic E-state index is 8.60. The van der Waals surface area contributed by atoms with E-state index in [0.29, 0.717) is 6.04 Å². The third-order valence-corrected chi connectivity index (χ3v) is 3.14. The molecule has 0 radical (unpaired) electrons. The van der Waals surface area contributed by atoms with E-state index in [1.165, 1.54) is 11.1 Å². The van der Waals surface area contributed by atoms with Crippen molar-refractivity contribution in [2.75, 3.05) is 0 Å². The van der Waals surface area contributed by atoms with Crippen LogP contribution in [0.4, 0.5) is 0 Å². The van der Waals surface area contributed by atoms with Crippen LogP contribution in [0.5, 0.6) is 0 Å². The second-order valence-corrected chi connectivity index (χ2v) is 4.20. The minimum atomic E-state index is -0.110. The van der Waals surface area contributed by atoms with Crippen LogP contribution >= 0.6 is 0 Å². The molecule has 2 atom stereocenters. The summed E-state index contributed by atoms with van der Waals surface area (Å²) in [7, 11) is 0. The summed E-state index contributed by atoms with van der Waals surface area (Å²) in [5.41, 5.74) is 8.28. The van der Waals surface area contributed by atoms with Crippen molar-refractivity contribution in [1.29, 1.82) is 0 Å². The number of nitrogens with zero attached hydrogens (tertiary/aromatic N) is 1. The maximum absolute atomic E-state index is 8.60. The zero-order chi connectivity index (χ0) is 11.5. The molecule has 16 heavy (non-hydrogen) atoms. The van der Waals surface area contributed by atoms with Crippen molar-refractivity contribution < 1.29 is 5.21 Å². The van der Waals surface area contributed by atoms with Gasteiger partial charge in [0.05, 0.1) is 6.04 Å². The molecule has 0 bridgehead atoms. The number of nitrogens with two attached hydrogens (primary N) is 1. The van der Waals surface area contributed by atoms with Gasteiger partial charge in [-0.25, -0.2) is 0 Å². The van der Waals surface area contributed by atoms with E-state index >= 15 is 0 Å². The van der Waals surface area contributed by atoms with E-state index in [1.807, 2.05) is 13.0 Å². The molecule has 2 rings (SSSR count). The highest BCUT2D eigenvalue weighted by Crippen LogP contribution is 2.30. The molecule has 4 heteroatoms. The molecule has 1 aliphatic carbocycles. The Morgan fingerprint density at radius 2 is 2.31 bits per heavy atom. The topological polar surface area (TPSA) is 70.6 Å². The van der Waals surface area contributed by atoms with E-state index in [4.69, 9.17) is 10.9 Å². The highest BCUT2D eigenvalue weighted by Gasteiger charge is 2.23. The number of benzene rings is 1. The zero-order valence-electron chi connectivity index (χ0n) is 9.35. The number of oxime groups is 1. The number of aryl methyl sites for hydroxylation is 1. The van der Waals surface area contributed by atoms with Crippen molar-refractivity contribution in [2.45, 2.75) is 31.8 Å². The minimum Gasteiger partial charge on any atom is -0.409 e. The van der Waals surface area contributed by atoms with Crippen LogP contribution in [0.15, 0.2) is 29.4 Å². The van der Waals surface area contributed by atoms with Crippen LogP contribution in [0.1, 0.15) is 30.5 Å². The SMILES string of the molecule is CC(NC1CCc2ccccc21)C(N)=NO. The first kappa shape index (κ1) is 11.0. The normalized spacial score (nSPS) is 21.8. The number of nitrogens with one attached hydrogen (secondary N) is 1. The standard InChI is InChI=1S/C12H17N3O/c1-8(12(13)15-16)14-11-7-6-9-4-2-3-5-10(9)11/h2-5,8,11,14,16H,6-7H2,1H3,(H2,13,15). The van der Waals surface area contributed by atoms with Crippen LogP contribution in [-0.4, -0.2) is 17.1 Å². The summed E-state index contributed by atoms with van der Waals surface area (Å²) in [6.45, 7) is 1.90. The van der Waals surface area contributed by atoms with E-state index in [2.05, 4.69) is 28.7 Å². The van der Waals surface area contributed by atoms with E-state index in [-0.39, 0.29) is 11.9 Å². The highest BCUT2D eigenvalue weighted by atomic mass is 16.4. The average Bonchev–Trinajstić information content (AvgIpc) is 2.72. The molecule has 0 amide bonds. The first-order chi connectivity index (χ1) is 7.72. The van der Waals surface area contributed by atoms with E-state index < -0.39 is 0 Å². The van der Waals surface area contributed by atoms with Gasteiger partial charge in [-0.05, 0) is 30.9 Å². The van der Waals surface area contributed by atoms with Crippen molar-refractivity contribution >= 4 is 5.84 Å². The van der Waals surface area contributed by atoms with Crippen LogP contribution in [0.25, 0.3) is 0 Å².